The van der Waals surface area contributed by atoms with Crippen molar-refractivity contribution >= 4 is 16.9 Å². The van der Waals surface area contributed by atoms with Gasteiger partial charge < -0.3 is 4.74 Å². The molecule has 3 aromatic rings. The molecule has 1 aromatic carbocycles. The molecule has 0 amide bonds. The van der Waals surface area contributed by atoms with Crippen LogP contribution in [-0.2, 0) is 36.8 Å². The maximum absolute atomic E-state index is 12.5. The van der Waals surface area contributed by atoms with Gasteiger partial charge in [-0.2, -0.15) is 0 Å². The first-order chi connectivity index (χ1) is 12.8. The number of rotatable bonds is 4. The van der Waals surface area contributed by atoms with Gasteiger partial charge in [0.25, 0.3) is 11.1 Å². The first-order valence-electron chi connectivity index (χ1n) is 8.16. The van der Waals surface area contributed by atoms with E-state index in [1.807, 2.05) is 13.0 Å². The zero-order valence-electron chi connectivity index (χ0n) is 15.1. The molecule has 2 heterocycles. The van der Waals surface area contributed by atoms with E-state index in [0.717, 1.165) is 14.7 Å². The third-order valence-corrected chi connectivity index (χ3v) is 4.36. The molecule has 0 N–H and O–H groups in total. The van der Waals surface area contributed by atoms with Crippen LogP contribution in [0.1, 0.15) is 11.3 Å². The van der Waals surface area contributed by atoms with E-state index >= 15 is 0 Å². The number of aryl methyl sites for hydroxylation is 1. The molecule has 0 aliphatic rings. The van der Waals surface area contributed by atoms with Crippen LogP contribution in [0.3, 0.4) is 0 Å². The molecule has 0 spiro atoms. The van der Waals surface area contributed by atoms with Gasteiger partial charge in [-0.25, -0.2) is 9.78 Å². The quantitative estimate of drug-likeness (QED) is 0.591. The first-order valence-corrected chi connectivity index (χ1v) is 8.16. The Morgan fingerprint density at radius 1 is 1.15 bits per heavy atom. The Morgan fingerprint density at radius 2 is 1.89 bits per heavy atom. The molecule has 0 saturated heterocycles. The Labute approximate surface area is 153 Å². The highest BCUT2D eigenvalue weighted by molar-refractivity contribution is 5.80. The van der Waals surface area contributed by atoms with E-state index in [1.165, 1.54) is 31.1 Å². The molecular formula is C18H18N4O5. The Hall–Kier alpha value is -3.49. The summed E-state index contributed by atoms with van der Waals surface area (Å²) in [5.41, 5.74) is 0.360. The molecule has 27 heavy (non-hydrogen) atoms. The largest absolute Gasteiger partial charge is 0.458 e. The monoisotopic (exact) mass is 370 g/mol. The highest BCUT2D eigenvalue weighted by Gasteiger charge is 2.12. The van der Waals surface area contributed by atoms with Crippen LogP contribution in [-0.4, -0.2) is 24.7 Å². The normalized spacial score (nSPS) is 10.9. The number of hydrogen-bond donors (Lipinski definition) is 0. The lowest BCUT2D eigenvalue weighted by Crippen LogP contribution is -2.38. The fourth-order valence-electron chi connectivity index (χ4n) is 2.71. The SMILES string of the molecule is Cc1cccc2c(=O)n(CC(=O)OCc3cc(=O)n(C)c(=O)n3C)cnc12. The number of para-hydroxylation sites is 1. The summed E-state index contributed by atoms with van der Waals surface area (Å²) < 4.78 is 8.45. The third-order valence-electron chi connectivity index (χ3n) is 4.36. The molecule has 9 nitrogen and oxygen atoms in total. The molecule has 0 radical (unpaired) electrons. The summed E-state index contributed by atoms with van der Waals surface area (Å²) in [6, 6.07) is 6.47. The standard InChI is InChI=1S/C18H18N4O5/c1-11-5-4-6-13-16(11)19-10-22(17(13)25)8-15(24)27-9-12-7-14(23)21(3)18(26)20(12)2/h4-7,10H,8-9H2,1-3H3. The minimum Gasteiger partial charge on any atom is -0.458 e. The fourth-order valence-corrected chi connectivity index (χ4v) is 2.71. The predicted molar refractivity (Wildman–Crippen MR) is 97.5 cm³/mol. The van der Waals surface area contributed by atoms with Crippen LogP contribution in [0.5, 0.6) is 0 Å². The van der Waals surface area contributed by atoms with Gasteiger partial charge in [-0.1, -0.05) is 12.1 Å². The highest BCUT2D eigenvalue weighted by atomic mass is 16.5. The summed E-state index contributed by atoms with van der Waals surface area (Å²) in [5, 5.41) is 0.416. The van der Waals surface area contributed by atoms with Gasteiger partial charge in [0.05, 0.1) is 22.9 Å². The van der Waals surface area contributed by atoms with Crippen LogP contribution in [0.25, 0.3) is 10.9 Å². The van der Waals surface area contributed by atoms with Crippen LogP contribution in [0.4, 0.5) is 0 Å². The van der Waals surface area contributed by atoms with Crippen LogP contribution in [0.15, 0.2) is 45.0 Å². The van der Waals surface area contributed by atoms with Gasteiger partial charge in [-0.3, -0.25) is 28.1 Å². The summed E-state index contributed by atoms with van der Waals surface area (Å²) in [6.45, 7) is 1.27. The van der Waals surface area contributed by atoms with Crippen LogP contribution >= 0.6 is 0 Å². The molecule has 0 bridgehead atoms. The Balaban J connectivity index is 1.79. The summed E-state index contributed by atoms with van der Waals surface area (Å²) in [6.07, 6.45) is 1.30. The van der Waals surface area contributed by atoms with E-state index in [0.29, 0.717) is 10.9 Å². The van der Waals surface area contributed by atoms with Crippen molar-refractivity contribution < 1.29 is 9.53 Å². The number of carbonyl (C=O) groups is 1. The van der Waals surface area contributed by atoms with Gasteiger partial charge in [-0.05, 0) is 18.6 Å². The van der Waals surface area contributed by atoms with E-state index in [2.05, 4.69) is 4.98 Å². The lowest BCUT2D eigenvalue weighted by Gasteiger charge is -2.11. The number of fused-ring (bicyclic) bond motifs is 1. The number of hydrogen-bond acceptors (Lipinski definition) is 6. The van der Waals surface area contributed by atoms with E-state index in [4.69, 9.17) is 4.74 Å². The molecule has 0 fully saturated rings. The van der Waals surface area contributed by atoms with Crippen LogP contribution in [0.2, 0.25) is 0 Å². The zero-order valence-corrected chi connectivity index (χ0v) is 15.1. The van der Waals surface area contributed by atoms with Crippen molar-refractivity contribution in [2.24, 2.45) is 14.1 Å². The second-order valence-electron chi connectivity index (χ2n) is 6.18. The van der Waals surface area contributed by atoms with Gasteiger partial charge in [0.2, 0.25) is 0 Å². The van der Waals surface area contributed by atoms with Gasteiger partial charge in [-0.15, -0.1) is 0 Å². The smallest absolute Gasteiger partial charge is 0.330 e. The van der Waals surface area contributed by atoms with Crippen LogP contribution < -0.4 is 16.8 Å². The van der Waals surface area contributed by atoms with Gasteiger partial charge in [0.15, 0.2) is 0 Å². The average molecular weight is 370 g/mol. The Morgan fingerprint density at radius 3 is 2.63 bits per heavy atom. The topological polar surface area (TPSA) is 105 Å². The minimum atomic E-state index is -0.681. The molecule has 0 aliphatic carbocycles. The van der Waals surface area contributed by atoms with E-state index in [1.54, 1.807) is 12.1 Å². The molecule has 9 heteroatoms. The van der Waals surface area contributed by atoms with Crippen molar-refractivity contribution in [2.45, 2.75) is 20.1 Å². The number of aromatic nitrogens is 4. The van der Waals surface area contributed by atoms with Gasteiger partial charge in [0, 0.05) is 20.2 Å². The average Bonchev–Trinajstić information content (AvgIpc) is 2.64. The minimum absolute atomic E-state index is 0.254. The van der Waals surface area contributed by atoms with Crippen LogP contribution in [0, 0.1) is 6.92 Å². The summed E-state index contributed by atoms with van der Waals surface area (Å²) in [5.74, 6) is -0.681. The molecule has 2 aromatic heterocycles. The lowest BCUT2D eigenvalue weighted by molar-refractivity contribution is -0.145. The predicted octanol–water partition coefficient (Wildman–Crippen LogP) is -0.154. The molecule has 0 unspecified atom stereocenters. The molecule has 140 valence electrons. The molecule has 3 rings (SSSR count). The summed E-state index contributed by atoms with van der Waals surface area (Å²) >= 11 is 0. The van der Waals surface area contributed by atoms with Gasteiger partial charge in [0.1, 0.15) is 13.2 Å². The number of ether oxygens (including phenoxy) is 1. The Kier molecular flexibility index (Phi) is 4.76. The second kappa shape index (κ2) is 7.02. The number of esters is 1. The fraction of sp³-hybridized carbons (Fsp3) is 0.278. The number of nitrogens with zero attached hydrogens (tertiary/aromatic N) is 4. The second-order valence-corrected chi connectivity index (χ2v) is 6.18. The lowest BCUT2D eigenvalue weighted by atomic mass is 10.1. The van der Waals surface area contributed by atoms with Crippen molar-refractivity contribution in [1.82, 2.24) is 18.7 Å². The molecule has 0 atom stereocenters. The number of carbonyl (C=O) groups excluding carboxylic acids is 1. The van der Waals surface area contributed by atoms with E-state index < -0.39 is 17.2 Å². The van der Waals surface area contributed by atoms with Crippen molar-refractivity contribution in [3.63, 3.8) is 0 Å². The van der Waals surface area contributed by atoms with E-state index in [-0.39, 0.29) is 24.4 Å². The first kappa shape index (κ1) is 18.3. The Bertz CT molecular complexity index is 1220. The maximum atomic E-state index is 12.5. The number of benzene rings is 1. The van der Waals surface area contributed by atoms with Crippen molar-refractivity contribution in [3.8, 4) is 0 Å². The van der Waals surface area contributed by atoms with Crippen molar-refractivity contribution in [3.05, 3.63) is 73.0 Å². The summed E-state index contributed by atoms with van der Waals surface area (Å²) in [7, 11) is 2.84. The maximum Gasteiger partial charge on any atom is 0.330 e. The van der Waals surface area contributed by atoms with Gasteiger partial charge >= 0.3 is 11.7 Å². The van der Waals surface area contributed by atoms with Crippen molar-refractivity contribution in [1.29, 1.82) is 0 Å². The molecular weight excluding hydrogens is 352 g/mol. The summed E-state index contributed by atoms with van der Waals surface area (Å²) in [4.78, 5) is 52.4. The molecule has 0 saturated carbocycles. The zero-order chi connectivity index (χ0) is 19.7. The third kappa shape index (κ3) is 3.43. The molecule has 0 aliphatic heterocycles. The highest BCUT2D eigenvalue weighted by Crippen LogP contribution is 2.11. The van der Waals surface area contributed by atoms with E-state index in [9.17, 15) is 19.2 Å². The van der Waals surface area contributed by atoms with Crippen molar-refractivity contribution in [2.75, 3.05) is 0 Å².